The van der Waals surface area contributed by atoms with E-state index in [2.05, 4.69) is 55.3 Å². The average Bonchev–Trinajstić information content (AvgIpc) is 2.31. The zero-order chi connectivity index (χ0) is 12.3. The van der Waals surface area contributed by atoms with E-state index in [0.717, 1.165) is 23.1 Å². The first kappa shape index (κ1) is 12.1. The second-order valence-corrected chi connectivity index (χ2v) is 4.81. The highest BCUT2D eigenvalue weighted by atomic mass is 127. The summed E-state index contributed by atoms with van der Waals surface area (Å²) in [5.41, 5.74) is 1.02. The highest BCUT2D eigenvalue weighted by Crippen LogP contribution is 2.18. The molecule has 2 rings (SSSR count). The molecule has 1 heterocycles. The van der Waals surface area contributed by atoms with Crippen LogP contribution in [0.2, 0.25) is 0 Å². The number of hydrogen-bond donors (Lipinski definition) is 2. The Morgan fingerprint density at radius 1 is 1.06 bits per heavy atom. The van der Waals surface area contributed by atoms with Crippen molar-refractivity contribution < 1.29 is 0 Å². The van der Waals surface area contributed by atoms with E-state index in [-0.39, 0.29) is 0 Å². The van der Waals surface area contributed by atoms with Crippen LogP contribution >= 0.6 is 22.6 Å². The lowest BCUT2D eigenvalue weighted by Crippen LogP contribution is -2.01. The summed E-state index contributed by atoms with van der Waals surface area (Å²) in [5.74, 6) is 2.35. The molecule has 0 saturated carbocycles. The second-order valence-electron chi connectivity index (χ2n) is 3.57. The summed E-state index contributed by atoms with van der Waals surface area (Å²) < 4.78 is 1.21. The molecule has 4 nitrogen and oxygen atoms in total. The molecule has 0 amide bonds. The maximum absolute atomic E-state index is 4.34. The van der Waals surface area contributed by atoms with Gasteiger partial charge in [-0.2, -0.15) is 0 Å². The fraction of sp³-hybridized carbons (Fsp3) is 0.167. The Bertz CT molecular complexity index is 510. The molecule has 0 unspecified atom stereocenters. The van der Waals surface area contributed by atoms with Gasteiger partial charge in [-0.1, -0.05) is 0 Å². The zero-order valence-electron chi connectivity index (χ0n) is 9.66. The van der Waals surface area contributed by atoms with Crippen LogP contribution in [0.5, 0.6) is 0 Å². The first-order valence-electron chi connectivity index (χ1n) is 5.23. The predicted octanol–water partition coefficient (Wildman–Crippen LogP) is 3.17. The minimum atomic E-state index is 0.741. The van der Waals surface area contributed by atoms with Crippen LogP contribution < -0.4 is 10.6 Å². The number of aromatic nitrogens is 2. The van der Waals surface area contributed by atoms with Crippen molar-refractivity contribution in [1.82, 2.24) is 9.97 Å². The highest BCUT2D eigenvalue weighted by Gasteiger charge is 2.01. The molecule has 0 atom stereocenters. The van der Waals surface area contributed by atoms with Crippen molar-refractivity contribution in [1.29, 1.82) is 0 Å². The molecule has 0 radical (unpaired) electrons. The van der Waals surface area contributed by atoms with E-state index in [1.807, 2.05) is 32.2 Å². The maximum atomic E-state index is 4.34. The summed E-state index contributed by atoms with van der Waals surface area (Å²) >= 11 is 2.28. The van der Waals surface area contributed by atoms with Gasteiger partial charge in [-0.05, 0) is 53.8 Å². The quantitative estimate of drug-likeness (QED) is 0.843. The Morgan fingerprint density at radius 2 is 1.71 bits per heavy atom. The van der Waals surface area contributed by atoms with Crippen LogP contribution in [0, 0.1) is 10.5 Å². The van der Waals surface area contributed by atoms with Crippen LogP contribution in [0.4, 0.5) is 17.3 Å². The first-order chi connectivity index (χ1) is 8.17. The third kappa shape index (κ3) is 3.29. The van der Waals surface area contributed by atoms with Crippen LogP contribution in [-0.4, -0.2) is 17.0 Å². The van der Waals surface area contributed by atoms with Gasteiger partial charge in [0.1, 0.15) is 17.5 Å². The fourth-order valence-electron chi connectivity index (χ4n) is 1.44. The van der Waals surface area contributed by atoms with Gasteiger partial charge in [0, 0.05) is 22.4 Å². The van der Waals surface area contributed by atoms with E-state index >= 15 is 0 Å². The van der Waals surface area contributed by atoms with Crippen molar-refractivity contribution in [2.24, 2.45) is 0 Å². The van der Waals surface area contributed by atoms with Gasteiger partial charge in [-0.15, -0.1) is 0 Å². The molecule has 0 spiro atoms. The van der Waals surface area contributed by atoms with E-state index in [4.69, 9.17) is 0 Å². The Kier molecular flexibility index (Phi) is 3.78. The molecule has 1 aromatic heterocycles. The summed E-state index contributed by atoms with van der Waals surface area (Å²) in [7, 11) is 1.84. The monoisotopic (exact) mass is 340 g/mol. The number of halogens is 1. The predicted molar refractivity (Wildman–Crippen MR) is 78.8 cm³/mol. The smallest absolute Gasteiger partial charge is 0.136 e. The number of aryl methyl sites for hydroxylation is 1. The molecule has 0 saturated heterocycles. The largest absolute Gasteiger partial charge is 0.373 e. The molecule has 2 aromatic rings. The number of rotatable bonds is 3. The summed E-state index contributed by atoms with van der Waals surface area (Å²) in [6.45, 7) is 1.87. The van der Waals surface area contributed by atoms with Gasteiger partial charge in [-0.3, -0.25) is 0 Å². The van der Waals surface area contributed by atoms with Crippen molar-refractivity contribution in [2.75, 3.05) is 17.7 Å². The van der Waals surface area contributed by atoms with Crippen LogP contribution in [0.25, 0.3) is 0 Å². The lowest BCUT2D eigenvalue weighted by molar-refractivity contribution is 1.06. The lowest BCUT2D eigenvalue weighted by Gasteiger charge is -2.08. The summed E-state index contributed by atoms with van der Waals surface area (Å²) in [6, 6.07) is 10.0. The topological polar surface area (TPSA) is 49.8 Å². The first-order valence-corrected chi connectivity index (χ1v) is 6.31. The Morgan fingerprint density at radius 3 is 2.35 bits per heavy atom. The molecule has 1 aromatic carbocycles. The SMILES string of the molecule is CNc1cc(Nc2ccc(I)cc2)nc(C)n1. The van der Waals surface area contributed by atoms with Gasteiger partial charge in [0.2, 0.25) is 0 Å². The van der Waals surface area contributed by atoms with Crippen LogP contribution in [0.1, 0.15) is 5.82 Å². The number of nitrogens with one attached hydrogen (secondary N) is 2. The van der Waals surface area contributed by atoms with Crippen LogP contribution in [0.15, 0.2) is 30.3 Å². The molecule has 0 aliphatic heterocycles. The van der Waals surface area contributed by atoms with Crippen molar-refractivity contribution in [3.63, 3.8) is 0 Å². The van der Waals surface area contributed by atoms with Gasteiger partial charge < -0.3 is 10.6 Å². The number of nitrogens with zero attached hydrogens (tertiary/aromatic N) is 2. The van der Waals surface area contributed by atoms with Gasteiger partial charge >= 0.3 is 0 Å². The average molecular weight is 340 g/mol. The van der Waals surface area contributed by atoms with Gasteiger partial charge in [0.15, 0.2) is 0 Å². The molecule has 17 heavy (non-hydrogen) atoms. The van der Waals surface area contributed by atoms with E-state index < -0.39 is 0 Å². The Labute approximate surface area is 114 Å². The summed E-state index contributed by atoms with van der Waals surface area (Å²) in [6.07, 6.45) is 0. The van der Waals surface area contributed by atoms with Crippen LogP contribution in [0.3, 0.4) is 0 Å². The Hall–Kier alpha value is -1.37. The molecule has 0 fully saturated rings. The number of benzene rings is 1. The third-order valence-corrected chi connectivity index (χ3v) is 2.93. The molecule has 2 N–H and O–H groups in total. The molecule has 0 aliphatic carbocycles. The van der Waals surface area contributed by atoms with Gasteiger partial charge in [0.25, 0.3) is 0 Å². The lowest BCUT2D eigenvalue weighted by atomic mass is 10.3. The molecule has 0 bridgehead atoms. The standard InChI is InChI=1S/C12H13IN4/c1-8-15-11(14-2)7-12(16-8)17-10-5-3-9(13)4-6-10/h3-7H,1-2H3,(H2,14,15,16,17). The van der Waals surface area contributed by atoms with Gasteiger partial charge in [0.05, 0.1) is 0 Å². The van der Waals surface area contributed by atoms with Gasteiger partial charge in [-0.25, -0.2) is 9.97 Å². The number of hydrogen-bond acceptors (Lipinski definition) is 4. The molecule has 88 valence electrons. The van der Waals surface area contributed by atoms with E-state index in [1.54, 1.807) is 0 Å². The van der Waals surface area contributed by atoms with Crippen molar-refractivity contribution >= 4 is 39.9 Å². The maximum Gasteiger partial charge on any atom is 0.136 e. The molecular formula is C12H13IN4. The molecule has 5 heteroatoms. The van der Waals surface area contributed by atoms with Crippen molar-refractivity contribution in [3.8, 4) is 0 Å². The van der Waals surface area contributed by atoms with Crippen molar-refractivity contribution in [3.05, 3.63) is 39.7 Å². The normalized spacial score (nSPS) is 10.1. The third-order valence-electron chi connectivity index (χ3n) is 2.21. The molecule has 0 aliphatic rings. The Balaban J connectivity index is 2.23. The fourth-order valence-corrected chi connectivity index (χ4v) is 1.80. The van der Waals surface area contributed by atoms with E-state index in [9.17, 15) is 0 Å². The number of anilines is 3. The van der Waals surface area contributed by atoms with Crippen LogP contribution in [-0.2, 0) is 0 Å². The zero-order valence-corrected chi connectivity index (χ0v) is 11.8. The summed E-state index contributed by atoms with van der Waals surface area (Å²) in [4.78, 5) is 8.58. The molecular weight excluding hydrogens is 327 g/mol. The van der Waals surface area contributed by atoms with E-state index in [1.165, 1.54) is 3.57 Å². The minimum absolute atomic E-state index is 0.741. The van der Waals surface area contributed by atoms with E-state index in [0.29, 0.717) is 0 Å². The minimum Gasteiger partial charge on any atom is -0.373 e. The van der Waals surface area contributed by atoms with Crippen molar-refractivity contribution in [2.45, 2.75) is 6.92 Å². The second kappa shape index (κ2) is 5.31. The highest BCUT2D eigenvalue weighted by molar-refractivity contribution is 14.1. The summed E-state index contributed by atoms with van der Waals surface area (Å²) in [5, 5.41) is 6.26.